The molecule has 2 N–H and O–H groups in total. The van der Waals surface area contributed by atoms with E-state index in [1.54, 1.807) is 24.5 Å². The molecule has 1 fully saturated rings. The Morgan fingerprint density at radius 3 is 2.75 bits per heavy atom. The van der Waals surface area contributed by atoms with Gasteiger partial charge in [-0.05, 0) is 24.5 Å². The summed E-state index contributed by atoms with van der Waals surface area (Å²) in [6.45, 7) is 1.91. The third kappa shape index (κ3) is 3.07. The Morgan fingerprint density at radius 1 is 1.45 bits per heavy atom. The van der Waals surface area contributed by atoms with Gasteiger partial charge in [0.1, 0.15) is 0 Å². The monoisotopic (exact) mass is 341 g/mol. The fourth-order valence-corrected chi connectivity index (χ4v) is 1.92. The van der Waals surface area contributed by atoms with Crippen LogP contribution in [-0.4, -0.2) is 9.55 Å². The quantitative estimate of drug-likeness (QED) is 0.848. The Morgan fingerprint density at radius 2 is 2.20 bits per heavy atom. The Hall–Kier alpha value is -1.26. The van der Waals surface area contributed by atoms with Crippen LogP contribution in [0.1, 0.15) is 24.0 Å². The predicted molar refractivity (Wildman–Crippen MR) is 73.7 cm³/mol. The topological polar surface area (TPSA) is 60.9 Å². The van der Waals surface area contributed by atoms with Crippen molar-refractivity contribution in [1.29, 1.82) is 0 Å². The molecule has 0 aromatic carbocycles. The molecular weight excluding hydrogens is 327 g/mol. The van der Waals surface area contributed by atoms with E-state index in [2.05, 4.69) is 11.1 Å². The average molecular weight is 341 g/mol. The summed E-state index contributed by atoms with van der Waals surface area (Å²) in [5, 5.41) is 0. The Bertz CT molecular complexity index is 711. The van der Waals surface area contributed by atoms with Crippen LogP contribution in [0.5, 0.6) is 0 Å². The van der Waals surface area contributed by atoms with Crippen LogP contribution in [0.25, 0.3) is 11.5 Å². The normalized spacial score (nSPS) is 12.8. The first-order valence-corrected chi connectivity index (χ1v) is 6.20. The molecule has 1 saturated carbocycles. The van der Waals surface area contributed by atoms with Crippen molar-refractivity contribution in [3.8, 4) is 5.82 Å². The molecule has 0 saturated heterocycles. The van der Waals surface area contributed by atoms with Crippen molar-refractivity contribution >= 4 is 5.70 Å². The van der Waals surface area contributed by atoms with Gasteiger partial charge >= 0.3 is 0 Å². The number of hydrogen-bond donors (Lipinski definition) is 1. The molecule has 0 spiro atoms. The number of aryl methyl sites for hydroxylation is 1. The summed E-state index contributed by atoms with van der Waals surface area (Å²) in [7, 11) is 0. The van der Waals surface area contributed by atoms with Crippen molar-refractivity contribution < 1.29 is 32.7 Å². The van der Waals surface area contributed by atoms with E-state index >= 15 is 0 Å². The first kappa shape index (κ1) is 15.1. The number of rotatable bonds is 2. The summed E-state index contributed by atoms with van der Waals surface area (Å²) >= 11 is 0. The summed E-state index contributed by atoms with van der Waals surface area (Å²) in [5.74, 6) is 0.569. The number of hydrogen-bond acceptors (Lipinski definition) is 3. The largest absolute Gasteiger partial charge is 0.398 e. The third-order valence-corrected chi connectivity index (χ3v) is 3.18. The van der Waals surface area contributed by atoms with Gasteiger partial charge < -0.3 is 15.3 Å². The number of nitrogens with zero attached hydrogens (tertiary/aromatic N) is 2. The molecule has 1 aliphatic rings. The molecule has 0 amide bonds. The number of pyridine rings is 2. The van der Waals surface area contributed by atoms with Crippen LogP contribution in [0.3, 0.4) is 0 Å². The maximum absolute atomic E-state index is 12.1. The van der Waals surface area contributed by atoms with Gasteiger partial charge in [-0.2, -0.15) is 6.07 Å². The van der Waals surface area contributed by atoms with Crippen molar-refractivity contribution in [3.63, 3.8) is 0 Å². The maximum Gasteiger partial charge on any atom is 0.245 e. The summed E-state index contributed by atoms with van der Waals surface area (Å²) < 4.78 is 1.49. The van der Waals surface area contributed by atoms with Gasteiger partial charge in [0.25, 0.3) is 0 Å². The second kappa shape index (κ2) is 6.02. The molecule has 2 heterocycles. The van der Waals surface area contributed by atoms with Gasteiger partial charge in [-0.1, -0.05) is 13.1 Å². The van der Waals surface area contributed by atoms with Crippen LogP contribution in [0.2, 0.25) is 0 Å². The van der Waals surface area contributed by atoms with Crippen LogP contribution in [0, 0.1) is 13.0 Å². The van der Waals surface area contributed by atoms with E-state index in [1.165, 1.54) is 10.1 Å². The van der Waals surface area contributed by atoms with Crippen molar-refractivity contribution in [2.24, 2.45) is 5.73 Å². The zero-order valence-corrected chi connectivity index (χ0v) is 14.1. The summed E-state index contributed by atoms with van der Waals surface area (Å²) in [5.41, 5.74) is 9.57. The molecule has 1 radical (unpaired) electrons. The smallest absolute Gasteiger partial charge is 0.245 e. The average Bonchev–Trinajstić information content (AvgIpc) is 3.23. The second-order valence-electron chi connectivity index (χ2n) is 4.73. The number of aromatic nitrogens is 2. The molecule has 0 unspecified atom stereocenters. The predicted octanol–water partition coefficient (Wildman–Crippen LogP) is 1.80. The van der Waals surface area contributed by atoms with Gasteiger partial charge in [0.2, 0.25) is 5.56 Å². The van der Waals surface area contributed by atoms with Gasteiger partial charge in [0, 0.05) is 62.1 Å². The van der Waals surface area contributed by atoms with Crippen LogP contribution in [-0.2, 0) is 32.7 Å². The van der Waals surface area contributed by atoms with Gasteiger partial charge in [-0.25, -0.2) is 0 Å². The second-order valence-corrected chi connectivity index (χ2v) is 4.73. The maximum atomic E-state index is 12.1. The van der Waals surface area contributed by atoms with Crippen LogP contribution in [0.15, 0.2) is 41.0 Å². The van der Waals surface area contributed by atoms with Gasteiger partial charge in [0.15, 0.2) is 0 Å². The number of nitrogens with two attached hydrogens (primary N) is 1. The van der Waals surface area contributed by atoms with Crippen LogP contribution < -0.4 is 11.3 Å². The fraction of sp³-hybridized carbons (Fsp3) is 0.200. The van der Waals surface area contributed by atoms with Crippen molar-refractivity contribution in [2.45, 2.75) is 19.8 Å². The van der Waals surface area contributed by atoms with Gasteiger partial charge in [0.05, 0.1) is 0 Å². The molecule has 0 aliphatic heterocycles. The minimum absolute atomic E-state index is 0. The van der Waals surface area contributed by atoms with E-state index in [4.69, 9.17) is 5.73 Å². The molecule has 4 nitrogen and oxygen atoms in total. The van der Waals surface area contributed by atoms with E-state index in [9.17, 15) is 4.79 Å². The molecule has 0 bridgehead atoms. The van der Waals surface area contributed by atoms with Crippen LogP contribution in [0.4, 0.5) is 0 Å². The van der Waals surface area contributed by atoms with Crippen molar-refractivity contribution in [1.82, 2.24) is 9.55 Å². The summed E-state index contributed by atoms with van der Waals surface area (Å²) in [6.07, 6.45) is 5.49. The molecule has 2 aromatic heterocycles. The molecule has 20 heavy (non-hydrogen) atoms. The van der Waals surface area contributed by atoms with E-state index in [0.717, 1.165) is 29.7 Å². The SMILES string of the molecule is Cc1[c-]cc(-n2ccc(C(N)=C3CC3)cc2=O)nc1.[Y]. The van der Waals surface area contributed by atoms with E-state index < -0.39 is 0 Å². The molecule has 0 atom stereocenters. The zero-order chi connectivity index (χ0) is 13.4. The first-order chi connectivity index (χ1) is 9.15. The zero-order valence-electron chi connectivity index (χ0n) is 11.3. The summed E-state index contributed by atoms with van der Waals surface area (Å²) in [6, 6.07) is 8.15. The standard InChI is InChI=1S/C15H14N3O.Y/c1-10-2-5-13(17-9-10)18-7-6-12(8-14(18)19)15(16)11-3-4-11;/h5-9H,3-4,16H2,1H3;/q-1;. The van der Waals surface area contributed by atoms with Crippen LogP contribution >= 0.6 is 0 Å². The minimum atomic E-state index is -0.133. The fourth-order valence-electron chi connectivity index (χ4n) is 1.92. The van der Waals surface area contributed by atoms with E-state index in [-0.39, 0.29) is 38.3 Å². The summed E-state index contributed by atoms with van der Waals surface area (Å²) in [4.78, 5) is 16.3. The Balaban J connectivity index is 0.00000147. The number of allylic oxidation sites excluding steroid dienone is 1. The molecule has 3 rings (SSSR count). The molecule has 5 heteroatoms. The van der Waals surface area contributed by atoms with E-state index in [1.807, 2.05) is 13.0 Å². The minimum Gasteiger partial charge on any atom is -0.398 e. The Labute approximate surface area is 142 Å². The molecule has 1 aliphatic carbocycles. The molecule has 99 valence electrons. The first-order valence-electron chi connectivity index (χ1n) is 6.20. The van der Waals surface area contributed by atoms with Crippen molar-refractivity contribution in [3.05, 3.63) is 63.7 Å². The molecule has 2 aromatic rings. The van der Waals surface area contributed by atoms with E-state index in [0.29, 0.717) is 5.82 Å². The Kier molecular flexibility index (Phi) is 4.56. The molecular formula is C15H14N3OY-. The van der Waals surface area contributed by atoms with Gasteiger partial charge in [-0.3, -0.25) is 4.79 Å². The van der Waals surface area contributed by atoms with Gasteiger partial charge in [-0.15, -0.1) is 11.6 Å². The third-order valence-electron chi connectivity index (χ3n) is 3.18. The van der Waals surface area contributed by atoms with Crippen molar-refractivity contribution in [2.75, 3.05) is 0 Å².